The van der Waals surface area contributed by atoms with Crippen molar-refractivity contribution < 1.29 is 27.8 Å². The molecule has 0 saturated carbocycles. The zero-order valence-corrected chi connectivity index (χ0v) is 23.7. The minimum absolute atomic E-state index is 0.181. The molecule has 0 saturated heterocycles. The van der Waals surface area contributed by atoms with Crippen LogP contribution in [0.5, 0.6) is 0 Å². The highest BCUT2D eigenvalue weighted by atomic mass is 33.7. The Morgan fingerprint density at radius 1 is 0.750 bits per heavy atom. The highest BCUT2D eigenvalue weighted by molar-refractivity contribution is 9.26. The molecule has 1 atom stereocenters. The average Bonchev–Trinajstić information content (AvgIpc) is 2.71. The van der Waals surface area contributed by atoms with E-state index in [1.54, 1.807) is 21.3 Å². The summed E-state index contributed by atoms with van der Waals surface area (Å²) >= 11 is 0. The van der Waals surface area contributed by atoms with Crippen LogP contribution in [0.4, 0.5) is 0 Å². The summed E-state index contributed by atoms with van der Waals surface area (Å²) < 4.78 is 32.0. The van der Waals surface area contributed by atoms with Gasteiger partial charge in [0.15, 0.2) is 25.8 Å². The second-order valence-electron chi connectivity index (χ2n) is 5.76. The van der Waals surface area contributed by atoms with Gasteiger partial charge in [0.2, 0.25) is 0 Å². The lowest BCUT2D eigenvalue weighted by Crippen LogP contribution is -2.23. The first kappa shape index (κ1) is 29.6. The van der Waals surface area contributed by atoms with Crippen LogP contribution in [0.1, 0.15) is 19.3 Å². The molecule has 0 spiro atoms. The van der Waals surface area contributed by atoms with E-state index in [0.29, 0.717) is 19.8 Å². The number of hydrogen-bond donors (Lipinski definition) is 0. The Hall–Kier alpha value is 1.59. The third kappa shape index (κ3) is 23.9. The molecule has 0 fully saturated rings. The molecular weight excluding hydrogens is 473 g/mol. The second kappa shape index (κ2) is 26.6. The lowest BCUT2D eigenvalue weighted by molar-refractivity contribution is -0.0928. The Bertz CT molecular complexity index is 302. The quantitative estimate of drug-likeness (QED) is 0.0837. The van der Waals surface area contributed by atoms with Crippen LogP contribution in [-0.4, -0.2) is 91.7 Å². The van der Waals surface area contributed by atoms with E-state index in [-0.39, 0.29) is 16.1 Å². The molecule has 0 aromatic rings. The number of hydrogen-bond acceptors (Lipinski definition) is 10. The van der Waals surface area contributed by atoms with E-state index in [1.807, 2.05) is 41.2 Å². The van der Waals surface area contributed by atoms with Gasteiger partial charge < -0.3 is 27.8 Å². The fourth-order valence-electron chi connectivity index (χ4n) is 1.88. The second-order valence-corrected chi connectivity index (χ2v) is 15.0. The third-order valence-corrected chi connectivity index (χ3v) is 12.8. The van der Waals surface area contributed by atoms with E-state index < -0.39 is 9.76 Å². The maximum absolute atomic E-state index is 5.75. The molecule has 1 unspecified atom stereocenters. The van der Waals surface area contributed by atoms with Gasteiger partial charge in [0.25, 0.3) is 0 Å². The molecule has 0 amide bonds. The molecule has 0 bridgehead atoms. The predicted octanol–water partition coefficient (Wildman–Crippen LogP) is 3.15. The van der Waals surface area contributed by atoms with Gasteiger partial charge >= 0.3 is 0 Å². The van der Waals surface area contributed by atoms with Gasteiger partial charge in [-0.3, -0.25) is 0 Å². The van der Waals surface area contributed by atoms with Crippen molar-refractivity contribution in [2.75, 3.05) is 65.9 Å². The van der Waals surface area contributed by atoms with Crippen LogP contribution in [0.15, 0.2) is 0 Å². The van der Waals surface area contributed by atoms with Crippen molar-refractivity contribution in [1.82, 2.24) is 0 Å². The molecule has 0 aromatic heterocycles. The minimum atomic E-state index is -0.494. The fourth-order valence-corrected chi connectivity index (χ4v) is 11.1. The van der Waals surface area contributed by atoms with Gasteiger partial charge in [-0.25, -0.2) is 0 Å². The number of rotatable bonds is 24. The van der Waals surface area contributed by atoms with E-state index in [0.717, 1.165) is 19.6 Å². The van der Waals surface area contributed by atoms with E-state index in [9.17, 15) is 0 Å². The maximum Gasteiger partial charge on any atom is 0.170 e. The van der Waals surface area contributed by atoms with E-state index >= 15 is 0 Å². The van der Waals surface area contributed by atoms with Crippen molar-refractivity contribution >= 4 is 60.8 Å². The summed E-state index contributed by atoms with van der Waals surface area (Å²) in [6.45, 7) is 3.48. The lowest BCUT2D eigenvalue weighted by atomic mass is 10.5. The Kier molecular flexibility index (Phi) is 28.1. The summed E-state index contributed by atoms with van der Waals surface area (Å²) in [5.74, 6) is 2.40. The summed E-state index contributed by atoms with van der Waals surface area (Å²) in [5.41, 5.74) is 0. The molecule has 0 radical (unpaired) electrons. The van der Waals surface area contributed by atoms with Crippen molar-refractivity contribution in [2.24, 2.45) is 0 Å². The summed E-state index contributed by atoms with van der Waals surface area (Å²) in [4.78, 5) is 0. The number of methoxy groups -OCH3 is 3. The van der Waals surface area contributed by atoms with Gasteiger partial charge in [-0.15, -0.1) is 0 Å². The summed E-state index contributed by atoms with van der Waals surface area (Å²) in [6.07, 6.45) is 3.30. The smallest absolute Gasteiger partial charge is 0.170 e. The monoisotopic (exact) mass is 510 g/mol. The Labute approximate surface area is 191 Å². The third-order valence-electron chi connectivity index (χ3n) is 3.39. The molecule has 0 aliphatic carbocycles. The first-order valence-corrected chi connectivity index (χ1v) is 18.0. The van der Waals surface area contributed by atoms with Crippen LogP contribution < -0.4 is 0 Å². The lowest BCUT2D eigenvalue weighted by Gasteiger charge is -2.15. The molecule has 0 aliphatic rings. The highest BCUT2D eigenvalue weighted by Gasteiger charge is 2.05. The molecule has 12 heteroatoms. The molecular formula is C16H38O6S4Si2. The van der Waals surface area contributed by atoms with Crippen LogP contribution in [-0.2, 0) is 27.8 Å². The molecule has 6 nitrogen and oxygen atoms in total. The highest BCUT2D eigenvalue weighted by Crippen LogP contribution is 2.43. The molecule has 28 heavy (non-hydrogen) atoms. The zero-order valence-electron chi connectivity index (χ0n) is 17.6. The SMILES string of the molecule is COCCOCCCO[SiH2]CCCSSSSCCC[SiH2]OC(COC)OC. The number of ether oxygens (including phenoxy) is 4. The summed E-state index contributed by atoms with van der Waals surface area (Å²) in [7, 11) is 11.9. The minimum Gasteiger partial charge on any atom is -0.424 e. The van der Waals surface area contributed by atoms with Gasteiger partial charge in [-0.05, 0) is 51.0 Å². The van der Waals surface area contributed by atoms with E-state index in [1.165, 1.54) is 36.4 Å². The fraction of sp³-hybridized carbons (Fsp3) is 1.00. The molecule has 0 aliphatic heterocycles. The zero-order chi connectivity index (χ0) is 20.5. The summed E-state index contributed by atoms with van der Waals surface area (Å²) in [5, 5.41) is 0. The predicted molar refractivity (Wildman–Crippen MR) is 133 cm³/mol. The van der Waals surface area contributed by atoms with Crippen LogP contribution in [0, 0.1) is 0 Å². The molecule has 0 rings (SSSR count). The topological polar surface area (TPSA) is 55.4 Å². The first-order chi connectivity index (χ1) is 13.8. The van der Waals surface area contributed by atoms with Crippen molar-refractivity contribution in [3.05, 3.63) is 0 Å². The Morgan fingerprint density at radius 2 is 1.46 bits per heavy atom. The largest absolute Gasteiger partial charge is 0.424 e. The average molecular weight is 511 g/mol. The van der Waals surface area contributed by atoms with Gasteiger partial charge in [0.1, 0.15) is 0 Å². The van der Waals surface area contributed by atoms with Gasteiger partial charge in [0, 0.05) is 46.0 Å². The maximum atomic E-state index is 5.75. The van der Waals surface area contributed by atoms with Gasteiger partial charge in [-0.2, -0.15) is 0 Å². The van der Waals surface area contributed by atoms with Crippen LogP contribution >= 0.6 is 41.2 Å². The van der Waals surface area contributed by atoms with Crippen molar-refractivity contribution in [3.8, 4) is 0 Å². The Balaban J connectivity index is 3.07. The normalized spacial score (nSPS) is 13.4. The molecule has 0 aromatic carbocycles. The van der Waals surface area contributed by atoms with Gasteiger partial charge in [-0.1, -0.05) is 21.6 Å². The molecule has 0 heterocycles. The Morgan fingerprint density at radius 3 is 2.11 bits per heavy atom. The van der Waals surface area contributed by atoms with Crippen molar-refractivity contribution in [1.29, 1.82) is 0 Å². The van der Waals surface area contributed by atoms with Crippen molar-refractivity contribution in [3.63, 3.8) is 0 Å². The molecule has 0 N–H and O–H groups in total. The molecule has 170 valence electrons. The first-order valence-electron chi connectivity index (χ1n) is 9.70. The van der Waals surface area contributed by atoms with Crippen LogP contribution in [0.2, 0.25) is 12.1 Å². The summed E-state index contributed by atoms with van der Waals surface area (Å²) in [6, 6.07) is 2.46. The van der Waals surface area contributed by atoms with Crippen LogP contribution in [0.3, 0.4) is 0 Å². The standard InChI is InChI=1S/C16H38O6S4Si2/c1-17-9-10-20-7-4-8-21-27-13-5-11-23-25-26-24-12-6-14-28-22-16(19-3)15-18-2/h16H,4-15,27-28H2,1-3H3. The van der Waals surface area contributed by atoms with Crippen molar-refractivity contribution in [2.45, 2.75) is 37.6 Å². The van der Waals surface area contributed by atoms with Gasteiger partial charge in [0.05, 0.1) is 19.8 Å². The van der Waals surface area contributed by atoms with E-state index in [4.69, 9.17) is 27.8 Å². The van der Waals surface area contributed by atoms with Crippen LogP contribution in [0.25, 0.3) is 0 Å². The van der Waals surface area contributed by atoms with E-state index in [2.05, 4.69) is 0 Å².